The zero-order valence-corrected chi connectivity index (χ0v) is 7.78. The Bertz CT molecular complexity index is 306. The van der Waals surface area contributed by atoms with Gasteiger partial charge in [-0.25, -0.2) is 0 Å². The lowest BCUT2D eigenvalue weighted by Crippen LogP contribution is -2.08. The third-order valence-corrected chi connectivity index (χ3v) is 1.66. The normalized spacial score (nSPS) is 10.1. The number of aryl methyl sites for hydroxylation is 1. The van der Waals surface area contributed by atoms with E-state index in [0.717, 1.165) is 0 Å². The van der Waals surface area contributed by atoms with Gasteiger partial charge in [-0.15, -0.1) is 5.10 Å². The maximum Gasteiger partial charge on any atom is 0.243 e. The highest BCUT2D eigenvalue weighted by molar-refractivity contribution is 5.98. The summed E-state index contributed by atoms with van der Waals surface area (Å²) < 4.78 is 6.48. The van der Waals surface area contributed by atoms with Crippen molar-refractivity contribution < 1.29 is 9.53 Å². The quantitative estimate of drug-likeness (QED) is 0.665. The second-order valence-electron chi connectivity index (χ2n) is 2.69. The number of methoxy groups -OCH3 is 1. The Morgan fingerprint density at radius 2 is 2.46 bits per heavy atom. The Balaban J connectivity index is 2.91. The molecular formula is C8H13N3O2. The van der Waals surface area contributed by atoms with Crippen molar-refractivity contribution in [3.05, 3.63) is 11.8 Å². The first-order valence-electron chi connectivity index (χ1n) is 4.00. The van der Waals surface area contributed by atoms with Gasteiger partial charge < -0.3 is 10.5 Å². The second kappa shape index (κ2) is 4.04. The number of rotatable bonds is 4. The van der Waals surface area contributed by atoms with Crippen molar-refractivity contribution in [1.82, 2.24) is 9.78 Å². The molecule has 2 N–H and O–H groups in total. The highest BCUT2D eigenvalue weighted by Gasteiger charge is 2.14. The first kappa shape index (κ1) is 9.73. The molecule has 0 fully saturated rings. The lowest BCUT2D eigenvalue weighted by molar-refractivity contribution is 0.0982. The van der Waals surface area contributed by atoms with Crippen LogP contribution in [0.25, 0.3) is 0 Å². The Morgan fingerprint density at radius 1 is 1.77 bits per heavy atom. The first-order chi connectivity index (χ1) is 6.19. The van der Waals surface area contributed by atoms with Crippen LogP contribution in [-0.2, 0) is 7.05 Å². The molecule has 0 saturated heterocycles. The third-order valence-electron chi connectivity index (χ3n) is 1.66. The van der Waals surface area contributed by atoms with Crippen LogP contribution in [0.15, 0.2) is 6.20 Å². The van der Waals surface area contributed by atoms with Gasteiger partial charge in [-0.2, -0.15) is 0 Å². The van der Waals surface area contributed by atoms with Crippen molar-refractivity contribution in [2.24, 2.45) is 12.8 Å². The fourth-order valence-electron chi connectivity index (χ4n) is 1.08. The fraction of sp³-hybridized carbons (Fsp3) is 0.500. The number of ketones is 1. The van der Waals surface area contributed by atoms with Gasteiger partial charge in [-0.1, -0.05) is 0 Å². The molecule has 1 aromatic rings. The Kier molecular flexibility index (Phi) is 3.02. The monoisotopic (exact) mass is 183 g/mol. The van der Waals surface area contributed by atoms with E-state index in [1.54, 1.807) is 17.9 Å². The molecule has 5 nitrogen and oxygen atoms in total. The lowest BCUT2D eigenvalue weighted by atomic mass is 10.2. The van der Waals surface area contributed by atoms with Gasteiger partial charge in [-0.3, -0.25) is 9.48 Å². The molecule has 0 radical (unpaired) electrons. The summed E-state index contributed by atoms with van der Waals surface area (Å²) in [5, 5.41) is 3.97. The van der Waals surface area contributed by atoms with Crippen LogP contribution in [0.4, 0.5) is 0 Å². The highest BCUT2D eigenvalue weighted by Crippen LogP contribution is 2.16. The van der Waals surface area contributed by atoms with E-state index in [4.69, 9.17) is 10.5 Å². The van der Waals surface area contributed by atoms with Crippen LogP contribution in [-0.4, -0.2) is 29.2 Å². The van der Waals surface area contributed by atoms with Crippen LogP contribution in [0.3, 0.4) is 0 Å². The van der Waals surface area contributed by atoms with E-state index in [1.165, 1.54) is 7.11 Å². The average molecular weight is 183 g/mol. The van der Waals surface area contributed by atoms with Crippen molar-refractivity contribution in [3.63, 3.8) is 0 Å². The Morgan fingerprint density at radius 3 is 3.00 bits per heavy atom. The summed E-state index contributed by atoms with van der Waals surface area (Å²) in [5.74, 6) is 0.327. The number of Topliss-reactive ketones (excluding diaryl/α,β-unsaturated/α-hetero) is 1. The van der Waals surface area contributed by atoms with Crippen LogP contribution in [0, 0.1) is 0 Å². The van der Waals surface area contributed by atoms with Crippen molar-refractivity contribution >= 4 is 5.78 Å². The van der Waals surface area contributed by atoms with Crippen LogP contribution in [0.5, 0.6) is 5.88 Å². The average Bonchev–Trinajstić information content (AvgIpc) is 2.47. The number of ether oxygens (including phenoxy) is 1. The summed E-state index contributed by atoms with van der Waals surface area (Å²) in [5.41, 5.74) is 5.77. The summed E-state index contributed by atoms with van der Waals surface area (Å²) >= 11 is 0. The number of carbonyl (C=O) groups excluding carboxylic acids is 1. The molecular weight excluding hydrogens is 170 g/mol. The molecule has 0 aliphatic heterocycles. The van der Waals surface area contributed by atoms with Crippen LogP contribution >= 0.6 is 0 Å². The van der Waals surface area contributed by atoms with E-state index in [2.05, 4.69) is 5.10 Å². The standard InChI is InChI=1S/C8H13N3O2/c1-11-5-6(7(12)3-4-9)8(10-11)13-2/h5H,3-4,9H2,1-2H3. The number of hydrogen-bond acceptors (Lipinski definition) is 4. The molecule has 0 aliphatic rings. The van der Waals surface area contributed by atoms with Gasteiger partial charge in [0.2, 0.25) is 5.88 Å². The molecule has 0 amide bonds. The molecule has 0 aromatic carbocycles. The van der Waals surface area contributed by atoms with Gasteiger partial charge in [0.15, 0.2) is 5.78 Å². The third kappa shape index (κ3) is 2.06. The molecule has 1 rings (SSSR count). The summed E-state index contributed by atoms with van der Waals surface area (Å²) in [4.78, 5) is 11.4. The van der Waals surface area contributed by atoms with Gasteiger partial charge in [-0.05, 0) is 6.54 Å². The number of nitrogens with two attached hydrogens (primary N) is 1. The van der Waals surface area contributed by atoms with E-state index in [9.17, 15) is 4.79 Å². The topological polar surface area (TPSA) is 70.1 Å². The number of carbonyl (C=O) groups is 1. The predicted molar refractivity (Wildman–Crippen MR) is 47.8 cm³/mol. The molecule has 13 heavy (non-hydrogen) atoms. The molecule has 1 heterocycles. The Hall–Kier alpha value is -1.36. The van der Waals surface area contributed by atoms with Crippen molar-refractivity contribution in [2.45, 2.75) is 6.42 Å². The SMILES string of the molecule is COc1nn(C)cc1C(=O)CCN. The van der Waals surface area contributed by atoms with Gasteiger partial charge in [0, 0.05) is 19.7 Å². The van der Waals surface area contributed by atoms with Crippen molar-refractivity contribution in [2.75, 3.05) is 13.7 Å². The molecule has 0 bridgehead atoms. The van der Waals surface area contributed by atoms with E-state index < -0.39 is 0 Å². The molecule has 0 aliphatic carbocycles. The lowest BCUT2D eigenvalue weighted by Gasteiger charge is -1.97. The largest absolute Gasteiger partial charge is 0.479 e. The van der Waals surface area contributed by atoms with Crippen molar-refractivity contribution in [3.8, 4) is 5.88 Å². The van der Waals surface area contributed by atoms with E-state index in [-0.39, 0.29) is 5.78 Å². The van der Waals surface area contributed by atoms with Gasteiger partial charge in [0.25, 0.3) is 0 Å². The summed E-state index contributed by atoms with van der Waals surface area (Å²) in [7, 11) is 3.23. The maximum atomic E-state index is 11.4. The van der Waals surface area contributed by atoms with Gasteiger partial charge in [0.1, 0.15) is 0 Å². The minimum absolute atomic E-state index is 0.0348. The molecule has 0 saturated carbocycles. The molecule has 1 aromatic heterocycles. The zero-order chi connectivity index (χ0) is 9.84. The number of aromatic nitrogens is 2. The van der Waals surface area contributed by atoms with E-state index in [0.29, 0.717) is 24.4 Å². The molecule has 0 spiro atoms. The number of hydrogen-bond donors (Lipinski definition) is 1. The van der Waals surface area contributed by atoms with Crippen molar-refractivity contribution in [1.29, 1.82) is 0 Å². The smallest absolute Gasteiger partial charge is 0.243 e. The maximum absolute atomic E-state index is 11.4. The van der Waals surface area contributed by atoms with Gasteiger partial charge in [0.05, 0.1) is 12.7 Å². The molecule has 5 heteroatoms. The summed E-state index contributed by atoms with van der Waals surface area (Å²) in [6.07, 6.45) is 1.96. The minimum Gasteiger partial charge on any atom is -0.479 e. The fourth-order valence-corrected chi connectivity index (χ4v) is 1.08. The molecule has 0 atom stereocenters. The molecule has 72 valence electrons. The first-order valence-corrected chi connectivity index (χ1v) is 4.00. The predicted octanol–water partition coefficient (Wildman–Crippen LogP) is -0.0398. The zero-order valence-electron chi connectivity index (χ0n) is 7.78. The van der Waals surface area contributed by atoms with Crippen LogP contribution < -0.4 is 10.5 Å². The summed E-state index contributed by atoms with van der Waals surface area (Å²) in [6, 6.07) is 0. The number of nitrogens with zero attached hydrogens (tertiary/aromatic N) is 2. The highest BCUT2D eigenvalue weighted by atomic mass is 16.5. The van der Waals surface area contributed by atoms with Gasteiger partial charge >= 0.3 is 0 Å². The molecule has 0 unspecified atom stereocenters. The Labute approximate surface area is 76.5 Å². The van der Waals surface area contributed by atoms with E-state index >= 15 is 0 Å². The van der Waals surface area contributed by atoms with E-state index in [1.807, 2.05) is 0 Å². The summed E-state index contributed by atoms with van der Waals surface area (Å²) in [6.45, 7) is 0.344. The second-order valence-corrected chi connectivity index (χ2v) is 2.69. The minimum atomic E-state index is -0.0348. The van der Waals surface area contributed by atoms with Crippen LogP contribution in [0.2, 0.25) is 0 Å². The van der Waals surface area contributed by atoms with Crippen LogP contribution in [0.1, 0.15) is 16.8 Å².